The van der Waals surface area contributed by atoms with Crippen molar-refractivity contribution in [3.63, 3.8) is 0 Å². The summed E-state index contributed by atoms with van der Waals surface area (Å²) < 4.78 is 20.7. The highest BCUT2D eigenvalue weighted by Crippen LogP contribution is 2.09. The Labute approximate surface area is 142 Å². The minimum Gasteiger partial charge on any atom is -0.464 e. The third kappa shape index (κ3) is 5.73. The molecule has 0 amide bonds. The van der Waals surface area contributed by atoms with E-state index in [4.69, 9.17) is 18.3 Å². The van der Waals surface area contributed by atoms with Crippen LogP contribution in [0.2, 0.25) is 6.04 Å². The third-order valence-electron chi connectivity index (χ3n) is 3.56. The molecule has 0 aliphatic carbocycles. The number of esters is 2. The Balaban J connectivity index is 1.81. The number of carbonyl (C=O) groups is 2. The Morgan fingerprint density at radius 3 is 1.92 bits per heavy atom. The topological polar surface area (TPSA) is 78.9 Å². The van der Waals surface area contributed by atoms with Crippen LogP contribution in [-0.2, 0) is 9.47 Å². The van der Waals surface area contributed by atoms with Crippen molar-refractivity contribution < 1.29 is 27.9 Å². The smallest absolute Gasteiger partial charge is 0.373 e. The quantitative estimate of drug-likeness (QED) is 0.371. The van der Waals surface area contributed by atoms with Gasteiger partial charge < -0.3 is 18.3 Å². The number of ether oxygens (including phenoxy) is 2. The van der Waals surface area contributed by atoms with Crippen molar-refractivity contribution in [3.05, 3.63) is 48.3 Å². The van der Waals surface area contributed by atoms with Gasteiger partial charge in [-0.3, -0.25) is 0 Å². The number of furan rings is 2. The largest absolute Gasteiger partial charge is 0.464 e. The van der Waals surface area contributed by atoms with Crippen molar-refractivity contribution in [1.29, 1.82) is 0 Å². The van der Waals surface area contributed by atoms with Gasteiger partial charge in [0.25, 0.3) is 0 Å². The Hall–Kier alpha value is -2.28. The van der Waals surface area contributed by atoms with Crippen molar-refractivity contribution in [3.8, 4) is 0 Å². The minimum absolute atomic E-state index is 0.184. The normalized spacial score (nSPS) is 10.8. The second-order valence-corrected chi connectivity index (χ2v) is 8.49. The maximum Gasteiger partial charge on any atom is 0.373 e. The van der Waals surface area contributed by atoms with Gasteiger partial charge in [0.1, 0.15) is 8.80 Å². The molecule has 0 N–H and O–H groups in total. The van der Waals surface area contributed by atoms with Crippen molar-refractivity contribution in [1.82, 2.24) is 0 Å². The average molecular weight is 350 g/mol. The van der Waals surface area contributed by atoms with Crippen LogP contribution in [0.3, 0.4) is 0 Å². The first-order valence-corrected chi connectivity index (χ1v) is 10.6. The minimum atomic E-state index is -1.56. The molecule has 2 aromatic rings. The van der Waals surface area contributed by atoms with Crippen LogP contribution in [0.15, 0.2) is 45.6 Å². The fraction of sp³-hybridized carbons (Fsp3) is 0.412. The molecular weight excluding hydrogens is 328 g/mol. The Bertz CT molecular complexity index is 555. The molecule has 0 atom stereocenters. The van der Waals surface area contributed by atoms with E-state index in [0.29, 0.717) is 12.5 Å². The average Bonchev–Trinajstić information content (AvgIpc) is 3.29. The van der Waals surface area contributed by atoms with Crippen molar-refractivity contribution >= 4 is 20.7 Å². The number of rotatable bonds is 10. The van der Waals surface area contributed by atoms with E-state index in [1.54, 1.807) is 24.3 Å². The van der Waals surface area contributed by atoms with Crippen LogP contribution in [0.5, 0.6) is 0 Å². The molecule has 0 aliphatic heterocycles. The van der Waals surface area contributed by atoms with Crippen LogP contribution in [0.1, 0.15) is 47.3 Å². The number of hydrogen-bond donors (Lipinski definition) is 0. The molecule has 0 saturated heterocycles. The number of carbonyl (C=O) groups excluding carboxylic acids is 2. The number of hydrogen-bond acceptors (Lipinski definition) is 6. The molecule has 0 bridgehead atoms. The molecule has 2 aromatic heterocycles. The van der Waals surface area contributed by atoms with Crippen LogP contribution >= 0.6 is 0 Å². The second kappa shape index (κ2) is 9.77. The first-order chi connectivity index (χ1) is 11.7. The lowest BCUT2D eigenvalue weighted by Gasteiger charge is -2.15. The molecule has 6 nitrogen and oxygen atoms in total. The Morgan fingerprint density at radius 1 is 0.958 bits per heavy atom. The van der Waals surface area contributed by atoms with E-state index >= 15 is 0 Å². The van der Waals surface area contributed by atoms with E-state index in [-0.39, 0.29) is 11.5 Å². The standard InChI is InChI=1S/C17H22O6Si/c1-2-3-4-11-24(12-22-16(18)14-7-5-9-20-14)13-23-17(19)15-8-6-10-21-15/h5-10,24H,2-4,11-13H2,1H3. The first kappa shape index (κ1) is 18.1. The summed E-state index contributed by atoms with van der Waals surface area (Å²) in [6.45, 7) is 2.13. The van der Waals surface area contributed by atoms with Gasteiger partial charge >= 0.3 is 11.9 Å². The molecule has 130 valence electrons. The SMILES string of the molecule is CCCCC[SiH](COC(=O)c1ccco1)COC(=O)c1ccco1. The zero-order valence-electron chi connectivity index (χ0n) is 13.7. The summed E-state index contributed by atoms with van der Waals surface area (Å²) in [4.78, 5) is 23.7. The predicted molar refractivity (Wildman–Crippen MR) is 89.5 cm³/mol. The van der Waals surface area contributed by atoms with Crippen molar-refractivity contribution in [2.24, 2.45) is 0 Å². The maximum absolute atomic E-state index is 11.8. The van der Waals surface area contributed by atoms with Crippen molar-refractivity contribution in [2.45, 2.75) is 32.2 Å². The summed E-state index contributed by atoms with van der Waals surface area (Å²) in [5, 5.41) is 0. The van der Waals surface area contributed by atoms with Gasteiger partial charge in [-0.2, -0.15) is 0 Å². The molecule has 2 heterocycles. The number of unbranched alkanes of at least 4 members (excludes halogenated alkanes) is 2. The molecule has 0 spiro atoms. The fourth-order valence-electron chi connectivity index (χ4n) is 2.22. The van der Waals surface area contributed by atoms with Gasteiger partial charge in [-0.15, -0.1) is 0 Å². The Kier molecular flexibility index (Phi) is 7.35. The summed E-state index contributed by atoms with van der Waals surface area (Å²) in [6.07, 6.45) is 6.75. The lowest BCUT2D eigenvalue weighted by molar-refractivity contribution is 0.0503. The van der Waals surface area contributed by atoms with Crippen LogP contribution in [-0.4, -0.2) is 33.2 Å². The highest BCUT2D eigenvalue weighted by Gasteiger charge is 2.19. The molecule has 0 aliphatic rings. The summed E-state index contributed by atoms with van der Waals surface area (Å²) >= 11 is 0. The zero-order chi connectivity index (χ0) is 17.2. The third-order valence-corrected chi connectivity index (χ3v) is 6.06. The molecule has 2 rings (SSSR count). The molecular formula is C17H22O6Si. The van der Waals surface area contributed by atoms with Crippen LogP contribution < -0.4 is 0 Å². The zero-order valence-corrected chi connectivity index (χ0v) is 14.9. The van der Waals surface area contributed by atoms with E-state index < -0.39 is 20.7 Å². The summed E-state index contributed by atoms with van der Waals surface area (Å²) in [5.74, 6) is -0.594. The van der Waals surface area contributed by atoms with Gasteiger partial charge in [0.2, 0.25) is 11.5 Å². The fourth-order valence-corrected chi connectivity index (χ4v) is 4.29. The summed E-state index contributed by atoms with van der Waals surface area (Å²) in [6, 6.07) is 7.35. The maximum atomic E-state index is 11.8. The van der Waals surface area contributed by atoms with Crippen LogP contribution in [0, 0.1) is 0 Å². The summed E-state index contributed by atoms with van der Waals surface area (Å²) in [7, 11) is -1.56. The van der Waals surface area contributed by atoms with E-state index in [2.05, 4.69) is 6.92 Å². The van der Waals surface area contributed by atoms with Gasteiger partial charge in [0.05, 0.1) is 25.0 Å². The molecule has 0 unspecified atom stereocenters. The van der Waals surface area contributed by atoms with Crippen LogP contribution in [0.4, 0.5) is 0 Å². The van der Waals surface area contributed by atoms with Gasteiger partial charge in [0, 0.05) is 0 Å². The first-order valence-electron chi connectivity index (χ1n) is 8.12. The predicted octanol–water partition coefficient (Wildman–Crippen LogP) is 3.38. The Morgan fingerprint density at radius 2 is 1.50 bits per heavy atom. The highest BCUT2D eigenvalue weighted by molar-refractivity contribution is 6.58. The van der Waals surface area contributed by atoms with E-state index in [9.17, 15) is 9.59 Å². The van der Waals surface area contributed by atoms with E-state index in [1.165, 1.54) is 12.5 Å². The summed E-state index contributed by atoms with van der Waals surface area (Å²) in [5.41, 5.74) is 0. The van der Waals surface area contributed by atoms with Gasteiger partial charge in [-0.1, -0.05) is 32.2 Å². The van der Waals surface area contributed by atoms with Crippen molar-refractivity contribution in [2.75, 3.05) is 12.5 Å². The molecule has 24 heavy (non-hydrogen) atoms. The monoisotopic (exact) mass is 350 g/mol. The van der Waals surface area contributed by atoms with Crippen LogP contribution in [0.25, 0.3) is 0 Å². The molecule has 0 fully saturated rings. The van der Waals surface area contributed by atoms with Gasteiger partial charge in [-0.05, 0) is 24.3 Å². The highest BCUT2D eigenvalue weighted by atomic mass is 28.3. The molecule has 0 radical (unpaired) electrons. The molecule has 0 saturated carbocycles. The molecule has 7 heteroatoms. The lowest BCUT2D eigenvalue weighted by atomic mass is 10.3. The van der Waals surface area contributed by atoms with Gasteiger partial charge in [-0.25, -0.2) is 9.59 Å². The van der Waals surface area contributed by atoms with Gasteiger partial charge in [0.15, 0.2) is 0 Å². The molecule has 0 aromatic carbocycles. The lowest BCUT2D eigenvalue weighted by Crippen LogP contribution is -2.30. The van der Waals surface area contributed by atoms with E-state index in [1.807, 2.05) is 0 Å². The van der Waals surface area contributed by atoms with E-state index in [0.717, 1.165) is 25.3 Å². The second-order valence-electron chi connectivity index (χ2n) is 5.51.